The van der Waals surface area contributed by atoms with E-state index in [2.05, 4.69) is 51.6 Å². The summed E-state index contributed by atoms with van der Waals surface area (Å²) < 4.78 is 6.14. The Kier molecular flexibility index (Phi) is 7.97. The zero-order valence-corrected chi connectivity index (χ0v) is 11.9. The normalized spacial score (nSPS) is 11.2. The van der Waals surface area contributed by atoms with Gasteiger partial charge in [0.05, 0.1) is 6.61 Å². The van der Waals surface area contributed by atoms with Gasteiger partial charge in [-0.2, -0.15) is 0 Å². The van der Waals surface area contributed by atoms with Crippen molar-refractivity contribution in [2.24, 2.45) is 0 Å². The van der Waals surface area contributed by atoms with Gasteiger partial charge in [0.2, 0.25) is 0 Å². The minimum Gasteiger partial charge on any atom is -0.383 e. The number of rotatable bonds is 8. The quantitative estimate of drug-likeness (QED) is 0.588. The Hall–Kier alpha value is -0.640. The number of methoxy groups -OCH3 is 1. The first-order chi connectivity index (χ1) is 8.34. The fraction of sp³-hybridized carbons (Fsp3) is 0.429. The van der Waals surface area contributed by atoms with Crippen LogP contribution in [0, 0.1) is 0 Å². The molecule has 0 spiro atoms. The van der Waals surface area contributed by atoms with Crippen molar-refractivity contribution in [2.75, 3.05) is 26.8 Å². The highest BCUT2D eigenvalue weighted by atomic mass is 79.9. The number of nitrogens with one attached hydrogen (secondary N) is 1. The maximum Gasteiger partial charge on any atom is 0.0587 e. The molecule has 0 saturated heterocycles. The molecule has 1 aromatic rings. The van der Waals surface area contributed by atoms with Crippen LogP contribution in [-0.2, 0) is 11.2 Å². The lowest BCUT2D eigenvalue weighted by atomic mass is 10.1. The lowest BCUT2D eigenvalue weighted by Gasteiger charge is -2.01. The van der Waals surface area contributed by atoms with Gasteiger partial charge in [0.15, 0.2) is 0 Å². The predicted molar refractivity (Wildman–Crippen MR) is 76.3 cm³/mol. The van der Waals surface area contributed by atoms with E-state index >= 15 is 0 Å². The minimum absolute atomic E-state index is 0.778. The molecule has 0 fully saturated rings. The largest absolute Gasteiger partial charge is 0.383 e. The van der Waals surface area contributed by atoms with Gasteiger partial charge in [-0.25, -0.2) is 0 Å². The second-order valence-electron chi connectivity index (χ2n) is 3.80. The molecule has 0 unspecified atom stereocenters. The molecule has 0 bridgehead atoms. The van der Waals surface area contributed by atoms with Crippen LogP contribution in [0.25, 0.3) is 0 Å². The Morgan fingerprint density at radius 1 is 1.24 bits per heavy atom. The van der Waals surface area contributed by atoms with Gasteiger partial charge in [-0.1, -0.05) is 46.3 Å². The Morgan fingerprint density at radius 3 is 2.82 bits per heavy atom. The molecule has 0 aliphatic carbocycles. The summed E-state index contributed by atoms with van der Waals surface area (Å²) in [5, 5.41) is 3.31. The Balaban J connectivity index is 2.12. The number of hydrogen-bond donors (Lipinski definition) is 1. The molecule has 0 saturated carbocycles. The van der Waals surface area contributed by atoms with Crippen LogP contribution in [0.1, 0.15) is 12.0 Å². The predicted octanol–water partition coefficient (Wildman–Crippen LogP) is 3.17. The summed E-state index contributed by atoms with van der Waals surface area (Å²) in [5.41, 5.74) is 1.33. The van der Waals surface area contributed by atoms with Crippen LogP contribution in [0.2, 0.25) is 0 Å². The summed E-state index contributed by atoms with van der Waals surface area (Å²) in [5.74, 6) is 0. The highest BCUT2D eigenvalue weighted by Gasteiger charge is 1.94. The van der Waals surface area contributed by atoms with Crippen LogP contribution in [-0.4, -0.2) is 26.8 Å². The van der Waals surface area contributed by atoms with Crippen LogP contribution in [0.15, 0.2) is 40.9 Å². The summed E-state index contributed by atoms with van der Waals surface area (Å²) in [6.07, 6.45) is 6.49. The first-order valence-corrected chi connectivity index (χ1v) is 6.72. The number of benzene rings is 1. The first kappa shape index (κ1) is 14.4. The number of halogens is 1. The molecule has 1 aromatic carbocycles. The molecule has 2 nitrogen and oxygen atoms in total. The number of hydrogen-bond acceptors (Lipinski definition) is 2. The zero-order chi connectivity index (χ0) is 12.3. The lowest BCUT2D eigenvalue weighted by molar-refractivity contribution is 0.199. The van der Waals surface area contributed by atoms with Gasteiger partial charge >= 0.3 is 0 Å². The van der Waals surface area contributed by atoms with Crippen LogP contribution < -0.4 is 5.32 Å². The van der Waals surface area contributed by atoms with E-state index in [9.17, 15) is 0 Å². The van der Waals surface area contributed by atoms with Gasteiger partial charge in [-0.15, -0.1) is 0 Å². The molecule has 0 atom stereocenters. The molecule has 0 aliphatic rings. The summed E-state index contributed by atoms with van der Waals surface area (Å²) in [6, 6.07) is 8.33. The van der Waals surface area contributed by atoms with E-state index in [1.54, 1.807) is 7.11 Å². The van der Waals surface area contributed by atoms with Crippen molar-refractivity contribution in [3.8, 4) is 0 Å². The molecule has 0 aliphatic heterocycles. The Bertz CT molecular complexity index is 339. The van der Waals surface area contributed by atoms with E-state index in [1.165, 1.54) is 10.0 Å². The van der Waals surface area contributed by atoms with Crippen molar-refractivity contribution < 1.29 is 4.74 Å². The highest BCUT2D eigenvalue weighted by Crippen LogP contribution is 2.16. The fourth-order valence-corrected chi connectivity index (χ4v) is 1.92. The minimum atomic E-state index is 0.778. The monoisotopic (exact) mass is 297 g/mol. The second-order valence-corrected chi connectivity index (χ2v) is 4.65. The Morgan fingerprint density at radius 2 is 2.06 bits per heavy atom. The van der Waals surface area contributed by atoms with Gasteiger partial charge < -0.3 is 10.1 Å². The summed E-state index contributed by atoms with van der Waals surface area (Å²) >= 11 is 3.55. The average molecular weight is 298 g/mol. The highest BCUT2D eigenvalue weighted by molar-refractivity contribution is 9.10. The molecule has 0 radical (unpaired) electrons. The van der Waals surface area contributed by atoms with Crippen molar-refractivity contribution in [2.45, 2.75) is 12.8 Å². The maximum atomic E-state index is 4.95. The van der Waals surface area contributed by atoms with Crippen LogP contribution >= 0.6 is 15.9 Å². The van der Waals surface area contributed by atoms with E-state index < -0.39 is 0 Å². The average Bonchev–Trinajstić information content (AvgIpc) is 2.35. The number of allylic oxidation sites excluding steroid dienone is 1. The van der Waals surface area contributed by atoms with Gasteiger partial charge in [0.1, 0.15) is 0 Å². The summed E-state index contributed by atoms with van der Waals surface area (Å²) in [4.78, 5) is 0. The molecule has 17 heavy (non-hydrogen) atoms. The molecule has 3 heteroatoms. The number of ether oxygens (including phenoxy) is 1. The third-order valence-corrected chi connectivity index (χ3v) is 3.21. The van der Waals surface area contributed by atoms with E-state index in [1.807, 2.05) is 6.07 Å². The smallest absolute Gasteiger partial charge is 0.0587 e. The SMILES string of the molecule is COCCNCCC=CCc1ccccc1Br. The molecule has 0 aromatic heterocycles. The molecule has 1 rings (SSSR count). The van der Waals surface area contributed by atoms with Gasteiger partial charge in [0, 0.05) is 18.1 Å². The summed E-state index contributed by atoms with van der Waals surface area (Å²) in [6.45, 7) is 2.71. The molecular weight excluding hydrogens is 278 g/mol. The molecule has 0 heterocycles. The molecule has 94 valence electrons. The lowest BCUT2D eigenvalue weighted by Crippen LogP contribution is -2.19. The van der Waals surface area contributed by atoms with Crippen molar-refractivity contribution in [3.05, 3.63) is 46.5 Å². The van der Waals surface area contributed by atoms with Crippen LogP contribution in [0.3, 0.4) is 0 Å². The van der Waals surface area contributed by atoms with Crippen molar-refractivity contribution in [1.29, 1.82) is 0 Å². The third-order valence-electron chi connectivity index (χ3n) is 2.43. The molecular formula is C14H20BrNO. The van der Waals surface area contributed by atoms with Gasteiger partial charge in [-0.05, 0) is 31.0 Å². The van der Waals surface area contributed by atoms with E-state index in [4.69, 9.17) is 4.74 Å². The van der Waals surface area contributed by atoms with Gasteiger partial charge in [-0.3, -0.25) is 0 Å². The van der Waals surface area contributed by atoms with Crippen molar-refractivity contribution >= 4 is 15.9 Å². The Labute approximate surface area is 112 Å². The van der Waals surface area contributed by atoms with Crippen LogP contribution in [0.4, 0.5) is 0 Å². The summed E-state index contributed by atoms with van der Waals surface area (Å²) in [7, 11) is 1.72. The van der Waals surface area contributed by atoms with Gasteiger partial charge in [0.25, 0.3) is 0 Å². The third kappa shape index (κ3) is 6.61. The maximum absolute atomic E-state index is 4.95. The molecule has 1 N–H and O–H groups in total. The standard InChI is InChI=1S/C14H20BrNO/c1-17-12-11-16-10-6-2-3-7-13-8-4-5-9-14(13)15/h2-5,8-9,16H,6-7,10-12H2,1H3. The first-order valence-electron chi connectivity index (χ1n) is 5.92. The topological polar surface area (TPSA) is 21.3 Å². The zero-order valence-electron chi connectivity index (χ0n) is 10.3. The van der Waals surface area contributed by atoms with E-state index in [0.717, 1.165) is 32.5 Å². The fourth-order valence-electron chi connectivity index (χ4n) is 1.48. The second kappa shape index (κ2) is 9.40. The van der Waals surface area contributed by atoms with E-state index in [0.29, 0.717) is 0 Å². The van der Waals surface area contributed by atoms with E-state index in [-0.39, 0.29) is 0 Å². The van der Waals surface area contributed by atoms with Crippen molar-refractivity contribution in [3.63, 3.8) is 0 Å². The molecule has 0 amide bonds. The van der Waals surface area contributed by atoms with Crippen LogP contribution in [0.5, 0.6) is 0 Å². The van der Waals surface area contributed by atoms with Crippen molar-refractivity contribution in [1.82, 2.24) is 5.32 Å².